The first-order valence-corrected chi connectivity index (χ1v) is 9.85. The maximum Gasteiger partial charge on any atom is 0.475 e. The molecule has 0 bridgehead atoms. The van der Waals surface area contributed by atoms with E-state index in [9.17, 15) is 32.4 Å². The van der Waals surface area contributed by atoms with Crippen LogP contribution < -0.4 is 5.32 Å². The number of halogens is 4. The first-order chi connectivity index (χ1) is 15.1. The largest absolute Gasteiger partial charge is 0.475 e. The number of nitrogens with one attached hydrogen (secondary N) is 1. The van der Waals surface area contributed by atoms with E-state index in [1.807, 2.05) is 30.3 Å². The smallest absolute Gasteiger partial charge is 0.426 e. The second-order valence-corrected chi connectivity index (χ2v) is 7.40. The molecule has 2 unspecified atom stereocenters. The second kappa shape index (κ2) is 10.1. The highest BCUT2D eigenvalue weighted by molar-refractivity contribution is 6.43. The van der Waals surface area contributed by atoms with Gasteiger partial charge in [-0.15, -0.1) is 0 Å². The van der Waals surface area contributed by atoms with Crippen LogP contribution in [0.2, 0.25) is 0 Å². The van der Waals surface area contributed by atoms with Crippen molar-refractivity contribution < 1.29 is 32.4 Å². The number of rotatable bonds is 8. The molecule has 0 aliphatic carbocycles. The van der Waals surface area contributed by atoms with Crippen molar-refractivity contribution in [1.82, 2.24) is 10.3 Å². The van der Waals surface area contributed by atoms with Gasteiger partial charge in [-0.1, -0.05) is 41.6 Å². The summed E-state index contributed by atoms with van der Waals surface area (Å²) in [6, 6.07) is 11.7. The zero-order valence-electron chi connectivity index (χ0n) is 16.8. The third-order valence-corrected chi connectivity index (χ3v) is 4.98. The average molecular weight is 452 g/mol. The molecule has 12 heteroatoms. The molecule has 0 saturated heterocycles. The van der Waals surface area contributed by atoms with Crippen LogP contribution in [0.25, 0.3) is 0 Å². The summed E-state index contributed by atoms with van der Waals surface area (Å²) < 4.78 is 52.1. The molecule has 170 valence electrons. The van der Waals surface area contributed by atoms with E-state index in [0.717, 1.165) is 11.6 Å². The van der Waals surface area contributed by atoms with Gasteiger partial charge in [0.05, 0.1) is 18.0 Å². The predicted molar refractivity (Wildman–Crippen MR) is 107 cm³/mol. The van der Waals surface area contributed by atoms with Gasteiger partial charge in [-0.05, 0) is 29.7 Å². The van der Waals surface area contributed by atoms with Crippen molar-refractivity contribution in [1.29, 1.82) is 0 Å². The first kappa shape index (κ1) is 23.7. The van der Waals surface area contributed by atoms with Gasteiger partial charge >= 0.3 is 13.3 Å². The maximum absolute atomic E-state index is 13.4. The van der Waals surface area contributed by atoms with Crippen LogP contribution in [-0.2, 0) is 17.4 Å². The van der Waals surface area contributed by atoms with Crippen molar-refractivity contribution in [3.05, 3.63) is 71.0 Å². The lowest BCUT2D eigenvalue weighted by molar-refractivity contribution is -0.140. The predicted octanol–water partition coefficient (Wildman–Crippen LogP) is 2.70. The number of carbonyl (C=O) groups excluding carboxylic acids is 1. The van der Waals surface area contributed by atoms with Crippen LogP contribution in [0.5, 0.6) is 0 Å². The van der Waals surface area contributed by atoms with E-state index in [0.29, 0.717) is 18.7 Å². The van der Waals surface area contributed by atoms with Crippen LogP contribution in [0.4, 0.5) is 17.6 Å². The van der Waals surface area contributed by atoms with Gasteiger partial charge in [0, 0.05) is 13.0 Å². The monoisotopic (exact) mass is 452 g/mol. The Balaban J connectivity index is 1.53. The van der Waals surface area contributed by atoms with Gasteiger partial charge in [-0.2, -0.15) is 18.3 Å². The number of carbonyl (C=O) groups is 1. The standard InChI is InChI=1S/C20H21BF4N4O3/c22-16-7-6-13(10-15(16)20(23,24)25)11-18(21(31)32)26-19(30)8-9-29-12-17(27-28-29)14-4-2-1-3-5-14/h1-7,10,17-18,31-32H,8-9,11-12H2,(H,26,30). The van der Waals surface area contributed by atoms with Gasteiger partial charge in [0.1, 0.15) is 11.9 Å². The van der Waals surface area contributed by atoms with Crippen molar-refractivity contribution >= 4 is 13.0 Å². The maximum atomic E-state index is 13.4. The molecule has 0 spiro atoms. The summed E-state index contributed by atoms with van der Waals surface area (Å²) in [7, 11) is -2.02. The Morgan fingerprint density at radius 2 is 1.94 bits per heavy atom. The third-order valence-electron chi connectivity index (χ3n) is 4.98. The number of hydrogen-bond donors (Lipinski definition) is 3. The average Bonchev–Trinajstić information content (AvgIpc) is 3.22. The highest BCUT2D eigenvalue weighted by Crippen LogP contribution is 2.32. The van der Waals surface area contributed by atoms with Gasteiger partial charge in [0.25, 0.3) is 0 Å². The summed E-state index contributed by atoms with van der Waals surface area (Å²) in [5.74, 6) is -3.24. The zero-order chi connectivity index (χ0) is 23.3. The normalized spacial score (nSPS) is 16.8. The van der Waals surface area contributed by atoms with E-state index in [-0.39, 0.29) is 31.0 Å². The van der Waals surface area contributed by atoms with E-state index < -0.39 is 36.5 Å². The topological polar surface area (TPSA) is 97.5 Å². The van der Waals surface area contributed by atoms with Crippen LogP contribution in [0, 0.1) is 5.82 Å². The molecular weight excluding hydrogens is 431 g/mol. The summed E-state index contributed by atoms with van der Waals surface area (Å²) in [5.41, 5.74) is -0.472. The zero-order valence-corrected chi connectivity index (χ0v) is 16.8. The Hall–Kier alpha value is -2.99. The molecule has 0 saturated carbocycles. The van der Waals surface area contributed by atoms with Crippen molar-refractivity contribution in [3.63, 3.8) is 0 Å². The lowest BCUT2D eigenvalue weighted by Gasteiger charge is -2.20. The van der Waals surface area contributed by atoms with Crippen molar-refractivity contribution in [3.8, 4) is 0 Å². The number of benzene rings is 2. The molecule has 0 fully saturated rings. The molecule has 3 rings (SSSR count). The van der Waals surface area contributed by atoms with Crippen molar-refractivity contribution in [2.75, 3.05) is 13.1 Å². The van der Waals surface area contributed by atoms with E-state index in [4.69, 9.17) is 0 Å². The van der Waals surface area contributed by atoms with E-state index in [2.05, 4.69) is 15.7 Å². The minimum absolute atomic E-state index is 0.00355. The summed E-state index contributed by atoms with van der Waals surface area (Å²) in [5, 5.41) is 31.3. The van der Waals surface area contributed by atoms with Gasteiger partial charge in [-0.25, -0.2) is 4.39 Å². The molecular formula is C20H21BF4N4O3. The molecule has 0 aromatic heterocycles. The fourth-order valence-electron chi connectivity index (χ4n) is 3.30. The van der Waals surface area contributed by atoms with Crippen LogP contribution >= 0.6 is 0 Å². The van der Waals surface area contributed by atoms with Gasteiger partial charge < -0.3 is 15.4 Å². The Labute approximate surface area is 181 Å². The summed E-state index contributed by atoms with van der Waals surface area (Å²) in [4.78, 5) is 12.3. The SMILES string of the molecule is O=C(CCN1CC(c2ccccc2)N=N1)NC(Cc1ccc(F)c(C(F)(F)F)c1)B(O)O. The van der Waals surface area contributed by atoms with Gasteiger partial charge in [-0.3, -0.25) is 9.80 Å². The van der Waals surface area contributed by atoms with Crippen LogP contribution in [0.15, 0.2) is 58.9 Å². The Morgan fingerprint density at radius 3 is 2.59 bits per heavy atom. The van der Waals surface area contributed by atoms with Crippen LogP contribution in [0.3, 0.4) is 0 Å². The van der Waals surface area contributed by atoms with Crippen molar-refractivity contribution in [2.24, 2.45) is 10.3 Å². The molecule has 1 heterocycles. The molecule has 1 amide bonds. The summed E-state index contributed by atoms with van der Waals surface area (Å²) >= 11 is 0. The highest BCUT2D eigenvalue weighted by Gasteiger charge is 2.35. The van der Waals surface area contributed by atoms with Gasteiger partial charge in [0.15, 0.2) is 0 Å². The number of nitrogens with zero attached hydrogens (tertiary/aromatic N) is 3. The highest BCUT2D eigenvalue weighted by atomic mass is 19.4. The molecule has 2 aromatic rings. The molecule has 1 aliphatic heterocycles. The van der Waals surface area contributed by atoms with Crippen LogP contribution in [0.1, 0.15) is 29.2 Å². The molecule has 7 nitrogen and oxygen atoms in total. The number of amides is 1. The minimum atomic E-state index is -4.89. The van der Waals surface area contributed by atoms with Gasteiger partial charge in [0.2, 0.25) is 5.91 Å². The molecule has 0 radical (unpaired) electrons. The third kappa shape index (κ3) is 6.27. The second-order valence-electron chi connectivity index (χ2n) is 7.40. The number of hydrogen-bond acceptors (Lipinski definition) is 6. The molecule has 32 heavy (non-hydrogen) atoms. The fraction of sp³-hybridized carbons (Fsp3) is 0.350. The van der Waals surface area contributed by atoms with Crippen LogP contribution in [-0.4, -0.2) is 47.1 Å². The fourth-order valence-corrected chi connectivity index (χ4v) is 3.30. The molecule has 3 N–H and O–H groups in total. The lowest BCUT2D eigenvalue weighted by atomic mass is 9.75. The Bertz CT molecular complexity index is 960. The molecule has 1 aliphatic rings. The Morgan fingerprint density at radius 1 is 1.22 bits per heavy atom. The lowest BCUT2D eigenvalue weighted by Crippen LogP contribution is -2.48. The summed E-state index contributed by atoms with van der Waals surface area (Å²) in [6.07, 6.45) is -5.26. The summed E-state index contributed by atoms with van der Waals surface area (Å²) in [6.45, 7) is 0.709. The number of alkyl halides is 3. The van der Waals surface area contributed by atoms with E-state index in [1.54, 1.807) is 5.01 Å². The van der Waals surface area contributed by atoms with E-state index >= 15 is 0 Å². The van der Waals surface area contributed by atoms with E-state index in [1.165, 1.54) is 0 Å². The quantitative estimate of drug-likeness (QED) is 0.424. The first-order valence-electron chi connectivity index (χ1n) is 9.85. The van der Waals surface area contributed by atoms with Crippen molar-refractivity contribution in [2.45, 2.75) is 31.0 Å². The Kier molecular flexibility index (Phi) is 7.46. The molecule has 2 aromatic carbocycles. The molecule has 2 atom stereocenters. The minimum Gasteiger partial charge on any atom is -0.426 e.